The lowest BCUT2D eigenvalue weighted by Gasteiger charge is -2.22. The first-order chi connectivity index (χ1) is 6.75. The van der Waals surface area contributed by atoms with E-state index < -0.39 is 6.10 Å². The van der Waals surface area contributed by atoms with Crippen molar-refractivity contribution in [3.8, 4) is 0 Å². The van der Waals surface area contributed by atoms with Gasteiger partial charge in [-0.05, 0) is 49.9 Å². The van der Waals surface area contributed by atoms with Gasteiger partial charge in [0.2, 0.25) is 0 Å². The number of rotatable bonds is 3. The molecular weight excluding hydrogens is 176 g/mol. The van der Waals surface area contributed by atoms with Crippen LogP contribution in [0.15, 0.2) is 0 Å². The Labute approximate surface area is 84.7 Å². The first-order valence-corrected chi connectivity index (χ1v) is 5.97. The van der Waals surface area contributed by atoms with Crippen molar-refractivity contribution < 1.29 is 9.90 Å². The summed E-state index contributed by atoms with van der Waals surface area (Å²) >= 11 is 0. The van der Waals surface area contributed by atoms with Crippen LogP contribution in [0.1, 0.15) is 38.5 Å². The van der Waals surface area contributed by atoms with E-state index in [2.05, 4.69) is 0 Å². The van der Waals surface area contributed by atoms with Gasteiger partial charge in [0.25, 0.3) is 0 Å². The van der Waals surface area contributed by atoms with Gasteiger partial charge in [-0.15, -0.1) is 0 Å². The topological polar surface area (TPSA) is 37.3 Å². The van der Waals surface area contributed by atoms with Gasteiger partial charge in [0.1, 0.15) is 6.10 Å². The third-order valence-electron chi connectivity index (χ3n) is 4.46. The summed E-state index contributed by atoms with van der Waals surface area (Å²) < 4.78 is 0. The van der Waals surface area contributed by atoms with Crippen LogP contribution in [-0.4, -0.2) is 17.0 Å². The predicted octanol–water partition coefficient (Wildman–Crippen LogP) is 1.76. The highest BCUT2D eigenvalue weighted by molar-refractivity contribution is 5.86. The average molecular weight is 194 g/mol. The summed E-state index contributed by atoms with van der Waals surface area (Å²) in [6, 6.07) is 0. The highest BCUT2D eigenvalue weighted by atomic mass is 16.3. The standard InChI is InChI=1S/C12H18O2/c13-11(8-3-4-8)12(14)10-6-7-1-2-9(10)5-7/h7-11,13H,1-6H2. The average Bonchev–Trinajstić information content (AvgIpc) is 2.84. The third kappa shape index (κ3) is 1.31. The normalized spacial score (nSPS) is 42.8. The van der Waals surface area contributed by atoms with Gasteiger partial charge in [-0.1, -0.05) is 6.42 Å². The van der Waals surface area contributed by atoms with E-state index in [4.69, 9.17) is 0 Å². The zero-order valence-electron chi connectivity index (χ0n) is 8.48. The smallest absolute Gasteiger partial charge is 0.164 e. The molecule has 4 unspecified atom stereocenters. The first-order valence-electron chi connectivity index (χ1n) is 5.97. The SMILES string of the molecule is O=C(C(O)C1CC1)C1CC2CCC1C2. The number of carbonyl (C=O) groups excluding carboxylic acids is 1. The number of fused-ring (bicyclic) bond motifs is 2. The van der Waals surface area contributed by atoms with E-state index in [0.717, 1.165) is 25.2 Å². The number of hydrogen-bond donors (Lipinski definition) is 1. The lowest BCUT2D eigenvalue weighted by Crippen LogP contribution is -2.32. The number of carbonyl (C=O) groups is 1. The highest BCUT2D eigenvalue weighted by Gasteiger charge is 2.46. The maximum absolute atomic E-state index is 12.0. The van der Waals surface area contributed by atoms with Crippen molar-refractivity contribution in [1.82, 2.24) is 0 Å². The van der Waals surface area contributed by atoms with Crippen LogP contribution in [0.5, 0.6) is 0 Å². The molecule has 0 spiro atoms. The second kappa shape index (κ2) is 3.06. The molecule has 0 aromatic rings. The highest BCUT2D eigenvalue weighted by Crippen LogP contribution is 2.49. The van der Waals surface area contributed by atoms with Gasteiger partial charge in [0.15, 0.2) is 5.78 Å². The maximum atomic E-state index is 12.0. The van der Waals surface area contributed by atoms with Gasteiger partial charge in [0.05, 0.1) is 0 Å². The van der Waals surface area contributed by atoms with E-state index >= 15 is 0 Å². The third-order valence-corrected chi connectivity index (χ3v) is 4.46. The molecule has 0 aromatic heterocycles. The maximum Gasteiger partial charge on any atom is 0.164 e. The van der Waals surface area contributed by atoms with Crippen LogP contribution in [-0.2, 0) is 4.79 Å². The molecule has 3 aliphatic carbocycles. The zero-order chi connectivity index (χ0) is 9.71. The Balaban J connectivity index is 1.67. The molecule has 78 valence electrons. The monoisotopic (exact) mass is 194 g/mol. The van der Waals surface area contributed by atoms with E-state index in [1.54, 1.807) is 0 Å². The van der Waals surface area contributed by atoms with Crippen LogP contribution < -0.4 is 0 Å². The Morgan fingerprint density at radius 2 is 1.93 bits per heavy atom. The molecule has 0 aliphatic heterocycles. The minimum absolute atomic E-state index is 0.180. The molecule has 2 heteroatoms. The van der Waals surface area contributed by atoms with Crippen molar-refractivity contribution in [2.45, 2.75) is 44.6 Å². The number of Topliss-reactive ketones (excluding diaryl/α,β-unsaturated/α-hetero) is 1. The molecule has 3 fully saturated rings. The van der Waals surface area contributed by atoms with E-state index in [0.29, 0.717) is 11.8 Å². The van der Waals surface area contributed by atoms with Crippen molar-refractivity contribution >= 4 is 5.78 Å². The fourth-order valence-electron chi connectivity index (χ4n) is 3.46. The summed E-state index contributed by atoms with van der Waals surface area (Å²) in [7, 11) is 0. The Morgan fingerprint density at radius 3 is 2.43 bits per heavy atom. The molecule has 3 saturated carbocycles. The van der Waals surface area contributed by atoms with Gasteiger partial charge in [0, 0.05) is 5.92 Å². The van der Waals surface area contributed by atoms with Crippen molar-refractivity contribution in [2.75, 3.05) is 0 Å². The van der Waals surface area contributed by atoms with Crippen LogP contribution in [0.2, 0.25) is 0 Å². The van der Waals surface area contributed by atoms with Gasteiger partial charge in [-0.25, -0.2) is 0 Å². The van der Waals surface area contributed by atoms with E-state index in [1.165, 1.54) is 19.3 Å². The quantitative estimate of drug-likeness (QED) is 0.743. The minimum atomic E-state index is -0.612. The molecule has 0 saturated heterocycles. The number of ketones is 1. The lowest BCUT2D eigenvalue weighted by atomic mass is 9.83. The molecule has 2 nitrogen and oxygen atoms in total. The molecule has 3 rings (SSSR count). The van der Waals surface area contributed by atoms with E-state index in [1.807, 2.05) is 0 Å². The largest absolute Gasteiger partial charge is 0.385 e. The molecule has 14 heavy (non-hydrogen) atoms. The first kappa shape index (κ1) is 8.90. The summed E-state index contributed by atoms with van der Waals surface area (Å²) in [5, 5.41) is 9.80. The molecule has 0 heterocycles. The van der Waals surface area contributed by atoms with Crippen molar-refractivity contribution in [2.24, 2.45) is 23.7 Å². The van der Waals surface area contributed by atoms with Gasteiger partial charge in [-0.2, -0.15) is 0 Å². The van der Waals surface area contributed by atoms with Crippen LogP contribution in [0.3, 0.4) is 0 Å². The Morgan fingerprint density at radius 1 is 1.14 bits per heavy atom. The van der Waals surface area contributed by atoms with Crippen LogP contribution in [0.4, 0.5) is 0 Å². The van der Waals surface area contributed by atoms with Crippen LogP contribution in [0.25, 0.3) is 0 Å². The number of hydrogen-bond acceptors (Lipinski definition) is 2. The summed E-state index contributed by atoms with van der Waals surface area (Å²) in [6.45, 7) is 0. The predicted molar refractivity (Wildman–Crippen MR) is 52.7 cm³/mol. The summed E-state index contributed by atoms with van der Waals surface area (Å²) in [4.78, 5) is 12.0. The van der Waals surface area contributed by atoms with Crippen molar-refractivity contribution in [3.63, 3.8) is 0 Å². The molecule has 4 atom stereocenters. The van der Waals surface area contributed by atoms with Crippen molar-refractivity contribution in [3.05, 3.63) is 0 Å². The van der Waals surface area contributed by atoms with E-state index in [-0.39, 0.29) is 11.7 Å². The molecule has 2 bridgehead atoms. The Kier molecular flexibility index (Phi) is 1.94. The van der Waals surface area contributed by atoms with Crippen molar-refractivity contribution in [1.29, 1.82) is 0 Å². The molecule has 0 aromatic carbocycles. The molecule has 0 amide bonds. The molecular formula is C12H18O2. The van der Waals surface area contributed by atoms with Gasteiger partial charge in [-0.3, -0.25) is 4.79 Å². The fraction of sp³-hybridized carbons (Fsp3) is 0.917. The number of aliphatic hydroxyl groups excluding tert-OH is 1. The second-order valence-corrected chi connectivity index (χ2v) is 5.47. The minimum Gasteiger partial charge on any atom is -0.385 e. The second-order valence-electron chi connectivity index (χ2n) is 5.47. The van der Waals surface area contributed by atoms with E-state index in [9.17, 15) is 9.90 Å². The fourth-order valence-corrected chi connectivity index (χ4v) is 3.46. The molecule has 1 N–H and O–H groups in total. The van der Waals surface area contributed by atoms with Crippen LogP contribution >= 0.6 is 0 Å². The zero-order valence-corrected chi connectivity index (χ0v) is 8.48. The van der Waals surface area contributed by atoms with Gasteiger partial charge >= 0.3 is 0 Å². The Hall–Kier alpha value is -0.370. The van der Waals surface area contributed by atoms with Crippen LogP contribution in [0, 0.1) is 23.7 Å². The Bertz CT molecular complexity index is 257. The molecule has 3 aliphatic rings. The van der Waals surface area contributed by atoms with Gasteiger partial charge < -0.3 is 5.11 Å². The summed E-state index contributed by atoms with van der Waals surface area (Å²) in [5.41, 5.74) is 0. The molecule has 0 radical (unpaired) electrons. The lowest BCUT2D eigenvalue weighted by molar-refractivity contribution is -0.133. The number of aliphatic hydroxyl groups is 1. The summed E-state index contributed by atoms with van der Waals surface area (Å²) in [6.07, 6.45) is 6.41. The summed E-state index contributed by atoms with van der Waals surface area (Å²) in [5.74, 6) is 2.16.